The number of hydrazone groups is 1. The van der Waals surface area contributed by atoms with Gasteiger partial charge in [0.05, 0.1) is 28.2 Å². The number of thiophene rings is 1. The van der Waals surface area contributed by atoms with Gasteiger partial charge in [-0.15, -0.1) is 11.3 Å². The fraction of sp³-hybridized carbons (Fsp3) is 0.190. The van der Waals surface area contributed by atoms with Crippen LogP contribution in [0.2, 0.25) is 0 Å². The zero-order valence-corrected chi connectivity index (χ0v) is 19.3. The van der Waals surface area contributed by atoms with Gasteiger partial charge in [0.1, 0.15) is 5.75 Å². The number of ether oxygens (including phenoxy) is 2. The topological polar surface area (TPSA) is 54.3 Å². The molecule has 0 saturated heterocycles. The van der Waals surface area contributed by atoms with E-state index in [9.17, 15) is 5.11 Å². The molecule has 2 aliphatic rings. The van der Waals surface area contributed by atoms with E-state index in [-0.39, 0.29) is 11.8 Å². The lowest BCUT2D eigenvalue weighted by atomic mass is 9.97. The van der Waals surface area contributed by atoms with E-state index in [0.29, 0.717) is 14.7 Å². The monoisotopic (exact) mass is 534 g/mol. The molecule has 5 nitrogen and oxygen atoms in total. The lowest BCUT2D eigenvalue weighted by Gasteiger charge is -2.38. The summed E-state index contributed by atoms with van der Waals surface area (Å²) in [4.78, 5) is 1.17. The predicted octanol–water partition coefficient (Wildman–Crippen LogP) is 6.23. The van der Waals surface area contributed by atoms with Gasteiger partial charge in [-0.25, -0.2) is 5.01 Å². The van der Waals surface area contributed by atoms with Gasteiger partial charge < -0.3 is 14.6 Å². The number of phenols is 1. The van der Waals surface area contributed by atoms with Crippen LogP contribution in [-0.2, 0) is 0 Å². The summed E-state index contributed by atoms with van der Waals surface area (Å²) in [6.07, 6.45) is 0.346. The van der Waals surface area contributed by atoms with Crippen molar-refractivity contribution in [3.63, 3.8) is 0 Å². The summed E-state index contributed by atoms with van der Waals surface area (Å²) in [6, 6.07) is 14.1. The highest BCUT2D eigenvalue weighted by atomic mass is 79.9. The Morgan fingerprint density at radius 1 is 1.17 bits per heavy atom. The number of hydrogen-bond donors (Lipinski definition) is 1. The number of aromatic hydroxyl groups is 1. The number of nitrogens with zero attached hydrogens (tertiary/aromatic N) is 2. The lowest BCUT2D eigenvalue weighted by molar-refractivity contribution is -0.0196. The van der Waals surface area contributed by atoms with Gasteiger partial charge in [-0.05, 0) is 55.4 Å². The molecule has 2 unspecified atom stereocenters. The average Bonchev–Trinajstić information content (AvgIpc) is 3.42. The van der Waals surface area contributed by atoms with Crippen molar-refractivity contribution < 1.29 is 14.6 Å². The summed E-state index contributed by atoms with van der Waals surface area (Å²) in [5, 5.41) is 19.4. The van der Waals surface area contributed by atoms with Crippen molar-refractivity contribution in [2.24, 2.45) is 5.10 Å². The van der Waals surface area contributed by atoms with Crippen molar-refractivity contribution in [3.05, 3.63) is 72.8 Å². The van der Waals surface area contributed by atoms with Crippen LogP contribution in [0.3, 0.4) is 0 Å². The third-order valence-corrected chi connectivity index (χ3v) is 8.24. The number of phenolic OH excluding ortho intramolecular Hbond substituents is 1. The summed E-state index contributed by atoms with van der Waals surface area (Å²) >= 11 is 8.75. The number of rotatable bonds is 3. The van der Waals surface area contributed by atoms with Crippen LogP contribution in [0.1, 0.15) is 34.7 Å². The molecule has 0 amide bonds. The first-order valence-electron chi connectivity index (χ1n) is 8.98. The van der Waals surface area contributed by atoms with Crippen LogP contribution in [0.5, 0.6) is 17.2 Å². The van der Waals surface area contributed by atoms with E-state index in [0.717, 1.165) is 29.0 Å². The van der Waals surface area contributed by atoms with Gasteiger partial charge >= 0.3 is 0 Å². The Balaban J connectivity index is 1.66. The highest BCUT2D eigenvalue weighted by Gasteiger charge is 2.42. The van der Waals surface area contributed by atoms with E-state index >= 15 is 0 Å². The van der Waals surface area contributed by atoms with Gasteiger partial charge in [0, 0.05) is 22.0 Å². The zero-order chi connectivity index (χ0) is 20.1. The minimum absolute atomic E-state index is 0.0417. The Bertz CT molecular complexity index is 1120. The summed E-state index contributed by atoms with van der Waals surface area (Å²) in [6.45, 7) is 0. The molecule has 1 N–H and O–H groups in total. The number of hydrogen-bond acceptors (Lipinski definition) is 6. The Kier molecular flexibility index (Phi) is 4.80. The van der Waals surface area contributed by atoms with Crippen LogP contribution in [0.25, 0.3) is 0 Å². The predicted molar refractivity (Wildman–Crippen MR) is 120 cm³/mol. The van der Waals surface area contributed by atoms with Gasteiger partial charge in [-0.2, -0.15) is 5.10 Å². The highest BCUT2D eigenvalue weighted by molar-refractivity contribution is 9.13. The van der Waals surface area contributed by atoms with Gasteiger partial charge in [0.25, 0.3) is 0 Å². The molecular formula is C21H16Br2N2O3S. The molecule has 2 aromatic carbocycles. The second-order valence-electron chi connectivity index (χ2n) is 6.78. The lowest BCUT2D eigenvalue weighted by Crippen LogP contribution is -2.34. The summed E-state index contributed by atoms with van der Waals surface area (Å²) in [7, 11) is 1.53. The Labute approximate surface area is 188 Å². The second-order valence-corrected chi connectivity index (χ2v) is 9.31. The van der Waals surface area contributed by atoms with Crippen molar-refractivity contribution in [1.29, 1.82) is 0 Å². The Morgan fingerprint density at radius 2 is 2.00 bits per heavy atom. The van der Waals surface area contributed by atoms with Crippen molar-refractivity contribution in [1.82, 2.24) is 5.01 Å². The number of halogens is 2. The van der Waals surface area contributed by atoms with Crippen LogP contribution >= 0.6 is 43.2 Å². The number of para-hydroxylation sites is 1. The second kappa shape index (κ2) is 7.34. The standard InChI is InChI=1S/C21H16Br2N2O3S/c1-27-16-9-12(18(22)19(23)20(16)26)21-25-14(11-5-2-3-6-15(11)28-21)10-13(24-25)17-7-4-8-29-17/h2-9,14,21,26H,10H2,1H3. The van der Waals surface area contributed by atoms with Crippen molar-refractivity contribution in [3.8, 4) is 17.2 Å². The quantitative estimate of drug-likeness (QED) is 0.432. The van der Waals surface area contributed by atoms with E-state index < -0.39 is 6.23 Å². The van der Waals surface area contributed by atoms with Crippen LogP contribution in [0.4, 0.5) is 0 Å². The van der Waals surface area contributed by atoms with E-state index in [1.54, 1.807) is 17.4 Å². The smallest absolute Gasteiger partial charge is 0.215 e. The third-order valence-electron chi connectivity index (χ3n) is 5.16. The molecule has 0 spiro atoms. The number of fused-ring (bicyclic) bond motifs is 3. The Morgan fingerprint density at radius 3 is 2.76 bits per heavy atom. The maximum absolute atomic E-state index is 10.3. The first-order chi connectivity index (χ1) is 14.1. The maximum atomic E-state index is 10.3. The zero-order valence-electron chi connectivity index (χ0n) is 15.3. The van der Waals surface area contributed by atoms with Gasteiger partial charge in [-0.1, -0.05) is 24.3 Å². The molecule has 3 heterocycles. The average molecular weight is 536 g/mol. The molecule has 0 saturated carbocycles. The first kappa shape index (κ1) is 19.0. The van der Waals surface area contributed by atoms with Crippen LogP contribution < -0.4 is 9.47 Å². The van der Waals surface area contributed by atoms with Gasteiger partial charge in [0.2, 0.25) is 6.23 Å². The first-order valence-corrected chi connectivity index (χ1v) is 11.4. The van der Waals surface area contributed by atoms with Crippen molar-refractivity contribution in [2.45, 2.75) is 18.7 Å². The SMILES string of the molecule is COc1cc(C2Oc3ccccc3C3CC(c4cccs4)=NN32)c(Br)c(Br)c1O. The highest BCUT2D eigenvalue weighted by Crippen LogP contribution is 2.51. The van der Waals surface area contributed by atoms with E-state index in [2.05, 4.69) is 49.4 Å². The van der Waals surface area contributed by atoms with Crippen LogP contribution in [0, 0.1) is 0 Å². The molecular weight excluding hydrogens is 520 g/mol. The molecule has 2 aliphatic heterocycles. The molecule has 3 aromatic rings. The van der Waals surface area contributed by atoms with E-state index in [1.165, 1.54) is 12.0 Å². The molecule has 0 aliphatic carbocycles. The van der Waals surface area contributed by atoms with E-state index in [1.807, 2.05) is 29.3 Å². The summed E-state index contributed by atoms with van der Waals surface area (Å²) in [5.74, 6) is 1.26. The normalized spacial score (nSPS) is 20.0. The molecule has 1 aromatic heterocycles. The van der Waals surface area contributed by atoms with Crippen LogP contribution in [0.15, 0.2) is 61.9 Å². The maximum Gasteiger partial charge on any atom is 0.215 e. The minimum atomic E-state index is -0.465. The number of methoxy groups -OCH3 is 1. The van der Waals surface area contributed by atoms with Gasteiger partial charge in [0.15, 0.2) is 11.5 Å². The third kappa shape index (κ3) is 3.05. The minimum Gasteiger partial charge on any atom is -0.503 e. The molecule has 2 atom stereocenters. The van der Waals surface area contributed by atoms with Crippen molar-refractivity contribution in [2.75, 3.05) is 7.11 Å². The summed E-state index contributed by atoms with van der Waals surface area (Å²) < 4.78 is 13.0. The molecule has 148 valence electrons. The fourth-order valence-corrected chi connectivity index (χ4v) is 5.42. The largest absolute Gasteiger partial charge is 0.503 e. The molecule has 29 heavy (non-hydrogen) atoms. The van der Waals surface area contributed by atoms with Crippen LogP contribution in [-0.4, -0.2) is 22.9 Å². The fourth-order valence-electron chi connectivity index (χ4n) is 3.78. The molecule has 0 bridgehead atoms. The molecule has 5 rings (SSSR count). The molecule has 0 radical (unpaired) electrons. The molecule has 0 fully saturated rings. The van der Waals surface area contributed by atoms with E-state index in [4.69, 9.17) is 14.6 Å². The van der Waals surface area contributed by atoms with Gasteiger partial charge in [-0.3, -0.25) is 0 Å². The molecule has 8 heteroatoms. The van der Waals surface area contributed by atoms with Crippen molar-refractivity contribution >= 4 is 48.9 Å². The Hall–Kier alpha value is -2.03. The summed E-state index contributed by atoms with van der Waals surface area (Å²) in [5.41, 5.74) is 3.00. The number of benzene rings is 2.